The number of hydrogen-bond donors (Lipinski definition) is 0. The molecule has 0 saturated heterocycles. The van der Waals surface area contributed by atoms with E-state index >= 15 is 0 Å². The third-order valence-electron chi connectivity index (χ3n) is 4.01. The van der Waals surface area contributed by atoms with Gasteiger partial charge in [0, 0.05) is 21.2 Å². The minimum absolute atomic E-state index is 0.380. The van der Waals surface area contributed by atoms with Crippen molar-refractivity contribution in [3.8, 4) is 17.0 Å². The zero-order chi connectivity index (χ0) is 17.9. The molecule has 26 heavy (non-hydrogen) atoms. The Balaban J connectivity index is 1.50. The molecular weight excluding hydrogens is 367 g/mol. The van der Waals surface area contributed by atoms with Gasteiger partial charge in [-0.15, -0.1) is 0 Å². The van der Waals surface area contributed by atoms with E-state index in [1.54, 1.807) is 18.3 Å². The largest absolute Gasteiger partial charge is 0.489 e. The molecule has 0 aliphatic heterocycles. The summed E-state index contributed by atoms with van der Waals surface area (Å²) >= 11 is 12.1. The second-order valence-electron chi connectivity index (χ2n) is 5.79. The summed E-state index contributed by atoms with van der Waals surface area (Å²) in [4.78, 5) is 9.11. The van der Waals surface area contributed by atoms with Crippen molar-refractivity contribution in [2.24, 2.45) is 0 Å². The highest BCUT2D eigenvalue weighted by Crippen LogP contribution is 2.25. The predicted molar refractivity (Wildman–Crippen MR) is 106 cm³/mol. The van der Waals surface area contributed by atoms with Crippen molar-refractivity contribution >= 4 is 34.2 Å². The number of aromatic nitrogens is 2. The van der Waals surface area contributed by atoms with E-state index in [1.165, 1.54) is 0 Å². The van der Waals surface area contributed by atoms with Crippen LogP contribution in [0.5, 0.6) is 5.75 Å². The molecule has 0 amide bonds. The fraction of sp³-hybridized carbons (Fsp3) is 0.0476. The van der Waals surface area contributed by atoms with Crippen LogP contribution in [0.2, 0.25) is 10.0 Å². The molecule has 0 aliphatic rings. The lowest BCUT2D eigenvalue weighted by Crippen LogP contribution is -1.96. The van der Waals surface area contributed by atoms with Crippen molar-refractivity contribution in [3.05, 3.63) is 88.5 Å². The van der Waals surface area contributed by atoms with Crippen LogP contribution in [0.25, 0.3) is 22.3 Å². The Labute approximate surface area is 161 Å². The van der Waals surface area contributed by atoms with Gasteiger partial charge in [0.2, 0.25) is 0 Å². The van der Waals surface area contributed by atoms with Gasteiger partial charge in [-0.25, -0.2) is 4.98 Å². The predicted octanol–water partition coefficient (Wildman–Crippen LogP) is 6.18. The van der Waals surface area contributed by atoms with E-state index in [0.717, 1.165) is 33.6 Å². The summed E-state index contributed by atoms with van der Waals surface area (Å²) in [6.45, 7) is 0.380. The lowest BCUT2D eigenvalue weighted by molar-refractivity contribution is 0.306. The molecule has 0 unspecified atom stereocenters. The first kappa shape index (κ1) is 16.8. The maximum atomic E-state index is 6.17. The number of benzene rings is 3. The minimum atomic E-state index is 0.380. The summed E-state index contributed by atoms with van der Waals surface area (Å²) in [5.74, 6) is 0.758. The molecule has 5 heteroatoms. The molecule has 128 valence electrons. The smallest absolute Gasteiger partial charge is 0.119 e. The average Bonchev–Trinajstić information content (AvgIpc) is 2.67. The van der Waals surface area contributed by atoms with Gasteiger partial charge >= 0.3 is 0 Å². The first-order chi connectivity index (χ1) is 12.7. The molecule has 4 rings (SSSR count). The van der Waals surface area contributed by atoms with Crippen molar-refractivity contribution < 1.29 is 4.74 Å². The minimum Gasteiger partial charge on any atom is -0.489 e. The van der Waals surface area contributed by atoms with Gasteiger partial charge in [-0.3, -0.25) is 4.98 Å². The number of ether oxygens (including phenoxy) is 1. The van der Waals surface area contributed by atoms with Crippen molar-refractivity contribution in [2.75, 3.05) is 0 Å². The van der Waals surface area contributed by atoms with E-state index in [2.05, 4.69) is 9.97 Å². The van der Waals surface area contributed by atoms with E-state index in [-0.39, 0.29) is 0 Å². The molecular formula is C21H14Cl2N2O. The number of hydrogen-bond acceptors (Lipinski definition) is 3. The highest BCUT2D eigenvalue weighted by molar-refractivity contribution is 6.35. The van der Waals surface area contributed by atoms with Crippen LogP contribution >= 0.6 is 23.2 Å². The van der Waals surface area contributed by atoms with Crippen LogP contribution in [0, 0.1) is 0 Å². The van der Waals surface area contributed by atoms with Gasteiger partial charge in [-0.1, -0.05) is 41.4 Å². The van der Waals surface area contributed by atoms with Gasteiger partial charge in [0.05, 0.1) is 22.9 Å². The Hall–Kier alpha value is -2.62. The zero-order valence-electron chi connectivity index (χ0n) is 13.7. The van der Waals surface area contributed by atoms with E-state index in [1.807, 2.05) is 54.6 Å². The van der Waals surface area contributed by atoms with Crippen LogP contribution in [-0.2, 0) is 6.61 Å². The van der Waals surface area contributed by atoms with Crippen LogP contribution in [0.4, 0.5) is 0 Å². The van der Waals surface area contributed by atoms with Crippen molar-refractivity contribution in [3.63, 3.8) is 0 Å². The summed E-state index contributed by atoms with van der Waals surface area (Å²) in [7, 11) is 0. The second kappa shape index (κ2) is 7.32. The third kappa shape index (κ3) is 3.64. The number of halogens is 2. The number of fused-ring (bicyclic) bond motifs is 1. The number of nitrogens with zero attached hydrogens (tertiary/aromatic N) is 2. The molecule has 1 aromatic heterocycles. The molecule has 0 saturated carbocycles. The molecule has 0 N–H and O–H groups in total. The van der Waals surface area contributed by atoms with E-state index < -0.39 is 0 Å². The summed E-state index contributed by atoms with van der Waals surface area (Å²) in [6.07, 6.45) is 1.78. The maximum Gasteiger partial charge on any atom is 0.119 e. The zero-order valence-corrected chi connectivity index (χ0v) is 15.2. The lowest BCUT2D eigenvalue weighted by atomic mass is 10.1. The van der Waals surface area contributed by atoms with Crippen LogP contribution in [0.3, 0.4) is 0 Å². The van der Waals surface area contributed by atoms with E-state index in [9.17, 15) is 0 Å². The molecule has 1 heterocycles. The molecule has 0 bridgehead atoms. The first-order valence-electron chi connectivity index (χ1n) is 8.08. The molecule has 0 spiro atoms. The van der Waals surface area contributed by atoms with Gasteiger partial charge in [-0.2, -0.15) is 0 Å². The SMILES string of the molecule is Clc1ccc(COc2ccc(-c3cnc4ccccc4n3)cc2)c(Cl)c1. The van der Waals surface area contributed by atoms with Gasteiger partial charge in [-0.05, 0) is 48.5 Å². The monoisotopic (exact) mass is 380 g/mol. The van der Waals surface area contributed by atoms with Crippen LogP contribution in [0.15, 0.2) is 72.9 Å². The van der Waals surface area contributed by atoms with Gasteiger partial charge in [0.1, 0.15) is 12.4 Å². The van der Waals surface area contributed by atoms with Crippen LogP contribution in [-0.4, -0.2) is 9.97 Å². The summed E-state index contributed by atoms with van der Waals surface area (Å²) in [5, 5.41) is 1.21. The quantitative estimate of drug-likeness (QED) is 0.423. The Kier molecular flexibility index (Phi) is 4.74. The van der Waals surface area contributed by atoms with Crippen molar-refractivity contribution in [2.45, 2.75) is 6.61 Å². The van der Waals surface area contributed by atoms with Gasteiger partial charge in [0.15, 0.2) is 0 Å². The Bertz CT molecular complexity index is 1070. The molecule has 3 nitrogen and oxygen atoms in total. The fourth-order valence-electron chi connectivity index (χ4n) is 2.62. The average molecular weight is 381 g/mol. The highest BCUT2D eigenvalue weighted by Gasteiger charge is 2.05. The van der Waals surface area contributed by atoms with Gasteiger partial charge in [0.25, 0.3) is 0 Å². The van der Waals surface area contributed by atoms with Gasteiger partial charge < -0.3 is 4.74 Å². The lowest BCUT2D eigenvalue weighted by Gasteiger charge is -2.09. The fourth-order valence-corrected chi connectivity index (χ4v) is 3.08. The van der Waals surface area contributed by atoms with E-state index in [0.29, 0.717) is 16.7 Å². The molecule has 0 aliphatic carbocycles. The molecule has 4 aromatic rings. The third-order valence-corrected chi connectivity index (χ3v) is 4.60. The molecule has 0 fully saturated rings. The Morgan fingerprint density at radius 1 is 0.846 bits per heavy atom. The number of rotatable bonds is 4. The molecule has 0 atom stereocenters. The van der Waals surface area contributed by atoms with E-state index in [4.69, 9.17) is 27.9 Å². The maximum absolute atomic E-state index is 6.17. The summed E-state index contributed by atoms with van der Waals surface area (Å²) < 4.78 is 5.81. The first-order valence-corrected chi connectivity index (χ1v) is 8.83. The highest BCUT2D eigenvalue weighted by atomic mass is 35.5. The van der Waals surface area contributed by atoms with Crippen molar-refractivity contribution in [1.82, 2.24) is 9.97 Å². The number of para-hydroxylation sites is 2. The Morgan fingerprint density at radius 2 is 1.62 bits per heavy atom. The second-order valence-corrected chi connectivity index (χ2v) is 6.64. The molecule has 0 radical (unpaired) electrons. The summed E-state index contributed by atoms with van der Waals surface area (Å²) in [6, 6.07) is 21.0. The Morgan fingerprint density at radius 3 is 2.38 bits per heavy atom. The topological polar surface area (TPSA) is 35.0 Å². The summed E-state index contributed by atoms with van der Waals surface area (Å²) in [5.41, 5.74) is 4.47. The molecule has 3 aromatic carbocycles. The standard InChI is InChI=1S/C21H14Cl2N2O/c22-16-8-5-15(18(23)11-16)13-26-17-9-6-14(7-10-17)21-12-24-19-3-1-2-4-20(19)25-21/h1-12H,13H2. The van der Waals surface area contributed by atoms with Crippen LogP contribution in [0.1, 0.15) is 5.56 Å². The van der Waals surface area contributed by atoms with Crippen LogP contribution < -0.4 is 4.74 Å². The van der Waals surface area contributed by atoms with Crippen molar-refractivity contribution in [1.29, 1.82) is 0 Å². The normalized spacial score (nSPS) is 10.8.